The predicted molar refractivity (Wildman–Crippen MR) is 66.0 cm³/mol. The van der Waals surface area contributed by atoms with E-state index < -0.39 is 5.60 Å². The molecule has 0 radical (unpaired) electrons. The van der Waals surface area contributed by atoms with Gasteiger partial charge in [-0.15, -0.1) is 0 Å². The number of anilines is 2. The highest BCUT2D eigenvalue weighted by Gasteiger charge is 2.32. The van der Waals surface area contributed by atoms with Gasteiger partial charge in [-0.25, -0.2) is 0 Å². The number of β-amino-alcohol motifs (C(OH)–C–C–N with tert-alkyl or cyclic N) is 1. The van der Waals surface area contributed by atoms with Gasteiger partial charge >= 0.3 is 0 Å². The van der Waals surface area contributed by atoms with Crippen LogP contribution in [0.2, 0.25) is 0 Å². The lowest BCUT2D eigenvalue weighted by atomic mass is 10.1. The van der Waals surface area contributed by atoms with E-state index in [1.54, 1.807) is 0 Å². The Bertz CT molecular complexity index is 379. The zero-order valence-electron chi connectivity index (χ0n) is 8.70. The average molecular weight is 271 g/mol. The Morgan fingerprint density at radius 3 is 2.87 bits per heavy atom. The second-order valence-electron chi connectivity index (χ2n) is 4.37. The van der Waals surface area contributed by atoms with E-state index in [4.69, 9.17) is 5.73 Å². The average Bonchev–Trinajstić information content (AvgIpc) is 2.50. The Labute approximate surface area is 98.0 Å². The van der Waals surface area contributed by atoms with Gasteiger partial charge in [-0.05, 0) is 31.5 Å². The molecule has 2 rings (SSSR count). The first-order valence-electron chi connectivity index (χ1n) is 5.00. The van der Waals surface area contributed by atoms with E-state index in [-0.39, 0.29) is 0 Å². The van der Waals surface area contributed by atoms with Crippen molar-refractivity contribution in [3.63, 3.8) is 0 Å². The molecule has 0 aromatic heterocycles. The van der Waals surface area contributed by atoms with Crippen LogP contribution in [0.1, 0.15) is 13.3 Å². The van der Waals surface area contributed by atoms with Crippen molar-refractivity contribution in [2.75, 3.05) is 23.7 Å². The fourth-order valence-corrected chi connectivity index (χ4v) is 2.29. The Kier molecular flexibility index (Phi) is 2.64. The molecule has 1 aromatic carbocycles. The molecule has 1 aliphatic heterocycles. The quantitative estimate of drug-likeness (QED) is 0.768. The summed E-state index contributed by atoms with van der Waals surface area (Å²) in [4.78, 5) is 2.13. The molecule has 1 unspecified atom stereocenters. The van der Waals surface area contributed by atoms with Crippen molar-refractivity contribution in [2.24, 2.45) is 0 Å². The van der Waals surface area contributed by atoms with Crippen molar-refractivity contribution in [3.05, 3.63) is 22.7 Å². The molecule has 82 valence electrons. The lowest BCUT2D eigenvalue weighted by Gasteiger charge is -2.22. The number of nitrogens with zero attached hydrogens (tertiary/aromatic N) is 1. The Balaban J connectivity index is 2.27. The van der Waals surface area contributed by atoms with Gasteiger partial charge in [0.25, 0.3) is 0 Å². The molecular weight excluding hydrogens is 256 g/mol. The molecule has 15 heavy (non-hydrogen) atoms. The predicted octanol–water partition coefficient (Wildman–Crippen LogP) is 1.99. The summed E-state index contributed by atoms with van der Waals surface area (Å²) >= 11 is 3.43. The van der Waals surface area contributed by atoms with Crippen molar-refractivity contribution < 1.29 is 5.11 Å². The molecule has 1 atom stereocenters. The van der Waals surface area contributed by atoms with Crippen LogP contribution in [0, 0.1) is 0 Å². The number of halogens is 1. The van der Waals surface area contributed by atoms with Gasteiger partial charge in [0.05, 0.1) is 17.0 Å². The SMILES string of the molecule is CC1(O)CCN(c2cc(Br)ccc2N)C1. The molecule has 1 heterocycles. The topological polar surface area (TPSA) is 49.5 Å². The third-order valence-corrected chi connectivity index (χ3v) is 3.28. The summed E-state index contributed by atoms with van der Waals surface area (Å²) in [6.07, 6.45) is 0.791. The summed E-state index contributed by atoms with van der Waals surface area (Å²) < 4.78 is 1.01. The number of nitrogens with two attached hydrogens (primary N) is 1. The molecule has 0 bridgehead atoms. The Morgan fingerprint density at radius 2 is 2.27 bits per heavy atom. The normalized spacial score (nSPS) is 25.9. The minimum atomic E-state index is -0.589. The zero-order chi connectivity index (χ0) is 11.1. The third kappa shape index (κ3) is 2.26. The van der Waals surface area contributed by atoms with Gasteiger partial charge in [0.2, 0.25) is 0 Å². The summed E-state index contributed by atoms with van der Waals surface area (Å²) in [7, 11) is 0. The molecule has 1 aromatic rings. The first-order valence-corrected chi connectivity index (χ1v) is 5.80. The summed E-state index contributed by atoms with van der Waals surface area (Å²) in [6, 6.07) is 5.80. The lowest BCUT2D eigenvalue weighted by Crippen LogP contribution is -2.29. The molecule has 0 spiro atoms. The lowest BCUT2D eigenvalue weighted by molar-refractivity contribution is 0.0839. The highest BCUT2D eigenvalue weighted by Crippen LogP contribution is 2.32. The maximum atomic E-state index is 9.89. The van der Waals surface area contributed by atoms with E-state index in [1.165, 1.54) is 0 Å². The van der Waals surface area contributed by atoms with E-state index in [9.17, 15) is 5.11 Å². The van der Waals surface area contributed by atoms with Crippen LogP contribution >= 0.6 is 15.9 Å². The summed E-state index contributed by atoms with van der Waals surface area (Å²) in [6.45, 7) is 3.36. The molecule has 1 aliphatic rings. The molecule has 0 aliphatic carbocycles. The van der Waals surface area contributed by atoms with E-state index in [0.717, 1.165) is 28.8 Å². The fraction of sp³-hybridized carbons (Fsp3) is 0.455. The van der Waals surface area contributed by atoms with Crippen LogP contribution in [-0.2, 0) is 0 Å². The molecule has 0 saturated carbocycles. The molecular formula is C11H15BrN2O. The first kappa shape index (κ1) is 10.8. The second kappa shape index (κ2) is 3.68. The van der Waals surface area contributed by atoms with Crippen molar-refractivity contribution in [2.45, 2.75) is 18.9 Å². The zero-order valence-corrected chi connectivity index (χ0v) is 10.3. The number of hydrogen-bond donors (Lipinski definition) is 2. The van der Waals surface area contributed by atoms with Gasteiger partial charge in [-0.3, -0.25) is 0 Å². The number of hydrogen-bond acceptors (Lipinski definition) is 3. The monoisotopic (exact) mass is 270 g/mol. The van der Waals surface area contributed by atoms with E-state index in [1.807, 2.05) is 25.1 Å². The van der Waals surface area contributed by atoms with E-state index in [0.29, 0.717) is 6.54 Å². The number of nitrogen functional groups attached to an aromatic ring is 1. The third-order valence-electron chi connectivity index (χ3n) is 2.78. The van der Waals surface area contributed by atoms with Crippen LogP contribution in [0.3, 0.4) is 0 Å². The number of rotatable bonds is 1. The van der Waals surface area contributed by atoms with Gasteiger partial charge in [0.1, 0.15) is 0 Å². The maximum absolute atomic E-state index is 9.89. The summed E-state index contributed by atoms with van der Waals surface area (Å²) in [5.74, 6) is 0. The van der Waals surface area contributed by atoms with Gasteiger partial charge < -0.3 is 15.7 Å². The largest absolute Gasteiger partial charge is 0.397 e. The molecule has 0 amide bonds. The van der Waals surface area contributed by atoms with Crippen molar-refractivity contribution in [1.29, 1.82) is 0 Å². The second-order valence-corrected chi connectivity index (χ2v) is 5.29. The van der Waals surface area contributed by atoms with Crippen molar-refractivity contribution >= 4 is 27.3 Å². The van der Waals surface area contributed by atoms with Crippen LogP contribution in [0.15, 0.2) is 22.7 Å². The Hall–Kier alpha value is -0.740. The Morgan fingerprint density at radius 1 is 1.53 bits per heavy atom. The van der Waals surface area contributed by atoms with Crippen LogP contribution in [0.5, 0.6) is 0 Å². The van der Waals surface area contributed by atoms with Crippen LogP contribution in [0.4, 0.5) is 11.4 Å². The molecule has 1 saturated heterocycles. The minimum Gasteiger partial charge on any atom is -0.397 e. The van der Waals surface area contributed by atoms with Gasteiger partial charge in [0.15, 0.2) is 0 Å². The summed E-state index contributed by atoms with van der Waals surface area (Å²) in [5.41, 5.74) is 7.09. The van der Waals surface area contributed by atoms with Gasteiger partial charge in [-0.2, -0.15) is 0 Å². The van der Waals surface area contributed by atoms with Crippen molar-refractivity contribution in [1.82, 2.24) is 0 Å². The van der Waals surface area contributed by atoms with Crippen LogP contribution in [0.25, 0.3) is 0 Å². The highest BCUT2D eigenvalue weighted by atomic mass is 79.9. The smallest absolute Gasteiger partial charge is 0.0810 e. The number of aliphatic hydroxyl groups is 1. The molecule has 3 N–H and O–H groups in total. The van der Waals surface area contributed by atoms with Gasteiger partial charge in [0, 0.05) is 17.6 Å². The molecule has 3 nitrogen and oxygen atoms in total. The van der Waals surface area contributed by atoms with Gasteiger partial charge in [-0.1, -0.05) is 15.9 Å². The fourth-order valence-electron chi connectivity index (χ4n) is 1.94. The van der Waals surface area contributed by atoms with Crippen LogP contribution in [-0.4, -0.2) is 23.8 Å². The van der Waals surface area contributed by atoms with E-state index in [2.05, 4.69) is 20.8 Å². The highest BCUT2D eigenvalue weighted by molar-refractivity contribution is 9.10. The molecule has 1 fully saturated rings. The standard InChI is InChI=1S/C11H15BrN2O/c1-11(15)4-5-14(7-11)10-6-8(12)2-3-9(10)13/h2-3,6,15H,4-5,7,13H2,1H3. The number of benzene rings is 1. The van der Waals surface area contributed by atoms with E-state index >= 15 is 0 Å². The molecule has 4 heteroatoms. The van der Waals surface area contributed by atoms with Crippen LogP contribution < -0.4 is 10.6 Å². The maximum Gasteiger partial charge on any atom is 0.0810 e. The summed E-state index contributed by atoms with van der Waals surface area (Å²) in [5, 5.41) is 9.89. The van der Waals surface area contributed by atoms with Crippen molar-refractivity contribution in [3.8, 4) is 0 Å². The first-order chi connectivity index (χ1) is 6.98. The minimum absolute atomic E-state index is 0.589.